The third-order valence-electron chi connectivity index (χ3n) is 5.70. The Morgan fingerprint density at radius 2 is 1.84 bits per heavy atom. The number of rotatable bonds is 4. The molecule has 2 aromatic carbocycles. The van der Waals surface area contributed by atoms with Crippen molar-refractivity contribution < 1.29 is 14.4 Å². The number of carbonyl (C=O) groups excluding carboxylic acids is 3. The van der Waals surface area contributed by atoms with Gasteiger partial charge in [0.1, 0.15) is 0 Å². The molecule has 3 heterocycles. The van der Waals surface area contributed by atoms with Crippen LogP contribution in [0, 0.1) is 0 Å². The van der Waals surface area contributed by atoms with Gasteiger partial charge in [-0.05, 0) is 30.3 Å². The van der Waals surface area contributed by atoms with Crippen LogP contribution in [0.3, 0.4) is 0 Å². The number of fused-ring (bicyclic) bond motifs is 3. The number of imidazole rings is 1. The summed E-state index contributed by atoms with van der Waals surface area (Å²) in [6.45, 7) is 0.534. The van der Waals surface area contributed by atoms with E-state index in [1.807, 2.05) is 34.9 Å². The van der Waals surface area contributed by atoms with Gasteiger partial charge in [-0.2, -0.15) is 0 Å². The van der Waals surface area contributed by atoms with E-state index in [0.29, 0.717) is 24.1 Å². The van der Waals surface area contributed by atoms with Crippen molar-refractivity contribution in [1.82, 2.24) is 24.9 Å². The number of aromatic nitrogens is 2. The Morgan fingerprint density at radius 3 is 2.53 bits per heavy atom. The van der Waals surface area contributed by atoms with Gasteiger partial charge in [-0.1, -0.05) is 23.5 Å². The molecule has 1 aliphatic rings. The Bertz CT molecular complexity index is 1370. The predicted molar refractivity (Wildman–Crippen MR) is 123 cm³/mol. The van der Waals surface area contributed by atoms with Gasteiger partial charge in [0.05, 0.1) is 22.0 Å². The minimum absolute atomic E-state index is 0.0457. The molecule has 0 aliphatic carbocycles. The van der Waals surface area contributed by atoms with Crippen molar-refractivity contribution >= 4 is 44.2 Å². The molecule has 4 aromatic rings. The number of thiazole rings is 1. The average molecular weight is 448 g/mol. The normalized spacial score (nSPS) is 16.1. The molecule has 0 radical (unpaired) electrons. The SMILES string of the molecule is CNC(=O)c1ccc(-c2cn3c(n2)sc2cc(C(=O)NC4CC(=O)N(C)C4)ccc23)cc1. The number of likely N-dealkylation sites (tertiary alicyclic amines) is 1. The summed E-state index contributed by atoms with van der Waals surface area (Å²) in [5, 5.41) is 5.56. The second kappa shape index (κ2) is 7.76. The summed E-state index contributed by atoms with van der Waals surface area (Å²) >= 11 is 1.51. The standard InChI is InChI=1S/C23H21N5O3S/c1-24-21(30)14-5-3-13(4-6-14)17-12-28-18-8-7-15(9-19(18)32-23(28)26-17)22(31)25-16-10-20(29)27(2)11-16/h3-9,12,16H,10-11H2,1-2H3,(H,24,30)(H,25,31). The highest BCUT2D eigenvalue weighted by Crippen LogP contribution is 2.30. The van der Waals surface area contributed by atoms with E-state index in [1.165, 1.54) is 11.3 Å². The van der Waals surface area contributed by atoms with Gasteiger partial charge in [-0.15, -0.1) is 0 Å². The van der Waals surface area contributed by atoms with Gasteiger partial charge in [0.15, 0.2) is 4.96 Å². The van der Waals surface area contributed by atoms with E-state index in [4.69, 9.17) is 4.98 Å². The van der Waals surface area contributed by atoms with Crippen LogP contribution in [0.4, 0.5) is 0 Å². The Labute approximate surface area is 187 Å². The van der Waals surface area contributed by atoms with Crippen molar-refractivity contribution in [2.75, 3.05) is 20.6 Å². The van der Waals surface area contributed by atoms with Gasteiger partial charge in [-0.25, -0.2) is 4.98 Å². The zero-order valence-electron chi connectivity index (χ0n) is 17.6. The maximum atomic E-state index is 12.7. The Balaban J connectivity index is 1.39. The van der Waals surface area contributed by atoms with Gasteiger partial charge >= 0.3 is 0 Å². The van der Waals surface area contributed by atoms with Gasteiger partial charge in [0.25, 0.3) is 11.8 Å². The lowest BCUT2D eigenvalue weighted by Gasteiger charge is -2.12. The Hall–Kier alpha value is -3.72. The molecule has 5 rings (SSSR count). The van der Waals surface area contributed by atoms with E-state index in [0.717, 1.165) is 26.4 Å². The second-order valence-corrected chi connectivity index (χ2v) is 8.88. The van der Waals surface area contributed by atoms with Crippen molar-refractivity contribution in [3.05, 3.63) is 59.8 Å². The van der Waals surface area contributed by atoms with Crippen molar-refractivity contribution in [1.29, 1.82) is 0 Å². The molecule has 2 N–H and O–H groups in total. The van der Waals surface area contributed by atoms with E-state index in [2.05, 4.69) is 10.6 Å². The molecule has 32 heavy (non-hydrogen) atoms. The monoisotopic (exact) mass is 447 g/mol. The fourth-order valence-electron chi connectivity index (χ4n) is 3.95. The fourth-order valence-corrected chi connectivity index (χ4v) is 4.99. The summed E-state index contributed by atoms with van der Waals surface area (Å²) in [5.41, 5.74) is 3.88. The average Bonchev–Trinajstić information content (AvgIpc) is 3.45. The summed E-state index contributed by atoms with van der Waals surface area (Å²) < 4.78 is 2.97. The number of nitrogens with zero attached hydrogens (tertiary/aromatic N) is 3. The first kappa shape index (κ1) is 20.2. The van der Waals surface area contributed by atoms with Crippen molar-refractivity contribution in [2.24, 2.45) is 0 Å². The number of hydrogen-bond donors (Lipinski definition) is 2. The molecule has 1 saturated heterocycles. The van der Waals surface area contributed by atoms with Gasteiger partial charge in [0.2, 0.25) is 5.91 Å². The smallest absolute Gasteiger partial charge is 0.251 e. The lowest BCUT2D eigenvalue weighted by Crippen LogP contribution is -2.36. The van der Waals surface area contributed by atoms with E-state index in [1.54, 1.807) is 37.2 Å². The molecule has 2 aromatic heterocycles. The molecular weight excluding hydrogens is 426 g/mol. The zero-order valence-corrected chi connectivity index (χ0v) is 18.4. The molecule has 162 valence electrons. The summed E-state index contributed by atoms with van der Waals surface area (Å²) in [5.74, 6) is -0.257. The molecule has 1 fully saturated rings. The number of amides is 3. The quantitative estimate of drug-likeness (QED) is 0.503. The number of nitrogens with one attached hydrogen (secondary N) is 2. The van der Waals surface area contributed by atoms with Crippen LogP contribution in [0.15, 0.2) is 48.7 Å². The number of likely N-dealkylation sites (N-methyl/N-ethyl adjacent to an activating group) is 1. The van der Waals surface area contributed by atoms with Crippen LogP contribution in [0.2, 0.25) is 0 Å². The first-order chi connectivity index (χ1) is 15.4. The lowest BCUT2D eigenvalue weighted by molar-refractivity contribution is -0.126. The van der Waals surface area contributed by atoms with Crippen LogP contribution in [-0.2, 0) is 4.79 Å². The van der Waals surface area contributed by atoms with E-state index in [9.17, 15) is 14.4 Å². The maximum absolute atomic E-state index is 12.7. The van der Waals surface area contributed by atoms with Crippen LogP contribution in [-0.4, -0.2) is 58.7 Å². The van der Waals surface area contributed by atoms with Crippen LogP contribution in [0.25, 0.3) is 26.4 Å². The third kappa shape index (κ3) is 3.50. The van der Waals surface area contributed by atoms with Crippen LogP contribution in [0.5, 0.6) is 0 Å². The Morgan fingerprint density at radius 1 is 1.09 bits per heavy atom. The van der Waals surface area contributed by atoms with Crippen molar-refractivity contribution in [3.8, 4) is 11.3 Å². The first-order valence-corrected chi connectivity index (χ1v) is 11.0. The molecule has 0 bridgehead atoms. The number of carbonyl (C=O) groups is 3. The maximum Gasteiger partial charge on any atom is 0.251 e. The van der Waals surface area contributed by atoms with Crippen molar-refractivity contribution in [3.63, 3.8) is 0 Å². The molecule has 8 nitrogen and oxygen atoms in total. The van der Waals surface area contributed by atoms with Crippen molar-refractivity contribution in [2.45, 2.75) is 12.5 Å². The van der Waals surface area contributed by atoms with Gasteiger partial charge < -0.3 is 15.5 Å². The summed E-state index contributed by atoms with van der Waals surface area (Å²) in [6, 6.07) is 12.7. The summed E-state index contributed by atoms with van der Waals surface area (Å²) in [7, 11) is 3.35. The molecular formula is C23H21N5O3S. The van der Waals surface area contributed by atoms with Crippen LogP contribution < -0.4 is 10.6 Å². The topological polar surface area (TPSA) is 95.8 Å². The van der Waals surface area contributed by atoms with E-state index < -0.39 is 0 Å². The minimum Gasteiger partial charge on any atom is -0.355 e. The predicted octanol–water partition coefficient (Wildman–Crippen LogP) is 2.54. The molecule has 9 heteroatoms. The molecule has 0 saturated carbocycles. The zero-order chi connectivity index (χ0) is 22.4. The second-order valence-electron chi connectivity index (χ2n) is 7.87. The highest BCUT2D eigenvalue weighted by molar-refractivity contribution is 7.23. The summed E-state index contributed by atoms with van der Waals surface area (Å²) in [4.78, 5) is 43.3. The van der Waals surface area contributed by atoms with Gasteiger partial charge in [0, 0.05) is 49.9 Å². The molecule has 0 spiro atoms. The lowest BCUT2D eigenvalue weighted by atomic mass is 10.1. The minimum atomic E-state index is -0.178. The number of hydrogen-bond acceptors (Lipinski definition) is 5. The highest BCUT2D eigenvalue weighted by Gasteiger charge is 2.28. The highest BCUT2D eigenvalue weighted by atomic mass is 32.1. The fraction of sp³-hybridized carbons (Fsp3) is 0.217. The molecule has 1 unspecified atom stereocenters. The largest absolute Gasteiger partial charge is 0.355 e. The Kier molecular flexibility index (Phi) is 4.90. The third-order valence-corrected chi connectivity index (χ3v) is 6.72. The summed E-state index contributed by atoms with van der Waals surface area (Å²) in [6.07, 6.45) is 2.30. The van der Waals surface area contributed by atoms with Crippen LogP contribution in [0.1, 0.15) is 27.1 Å². The van der Waals surface area contributed by atoms with Gasteiger partial charge in [-0.3, -0.25) is 18.8 Å². The molecule has 1 aliphatic heterocycles. The van der Waals surface area contributed by atoms with E-state index in [-0.39, 0.29) is 23.8 Å². The molecule has 1 atom stereocenters. The van der Waals surface area contributed by atoms with E-state index >= 15 is 0 Å². The first-order valence-electron chi connectivity index (χ1n) is 10.2. The number of benzene rings is 2. The van der Waals surface area contributed by atoms with Crippen LogP contribution >= 0.6 is 11.3 Å². The molecule has 3 amide bonds.